The number of carbonyl (C=O) groups is 2. The third-order valence-corrected chi connectivity index (χ3v) is 5.36. The van der Waals surface area contributed by atoms with Gasteiger partial charge in [0.1, 0.15) is 18.9 Å². The van der Waals surface area contributed by atoms with Crippen LogP contribution in [0.15, 0.2) is 72.2 Å². The van der Waals surface area contributed by atoms with Crippen LogP contribution >= 0.6 is 0 Å². The van der Waals surface area contributed by atoms with Gasteiger partial charge in [-0.2, -0.15) is 10.1 Å². The molecule has 2 heterocycles. The first kappa shape index (κ1) is 21.3. The average Bonchev–Trinajstić information content (AvgIpc) is 3.27. The molecule has 2 aromatic carbocycles. The van der Waals surface area contributed by atoms with Gasteiger partial charge in [-0.1, -0.05) is 48.0 Å². The summed E-state index contributed by atoms with van der Waals surface area (Å²) in [6.45, 7) is 5.78. The van der Waals surface area contributed by atoms with E-state index < -0.39 is 12.0 Å². The van der Waals surface area contributed by atoms with Gasteiger partial charge in [0.25, 0.3) is 0 Å². The Bertz CT molecular complexity index is 1150. The molecule has 1 amide bonds. The second kappa shape index (κ2) is 9.05. The van der Waals surface area contributed by atoms with Crippen LogP contribution in [0.3, 0.4) is 0 Å². The Balaban J connectivity index is 1.71. The van der Waals surface area contributed by atoms with E-state index in [1.807, 2.05) is 61.5 Å². The van der Waals surface area contributed by atoms with Crippen LogP contribution in [0.2, 0.25) is 0 Å². The standard InChI is InChI=1S/C24H25N5O3/c1-4-32-23(31)21-17(3)28(14-20(30)27-19-12-10-16(2)11-13-19)24-25-15-26-29(24)22(21)18-8-6-5-7-9-18/h5-13,15,22H,4,14H2,1-3H3,(H,27,30)/t22-/m1/s1. The first-order valence-corrected chi connectivity index (χ1v) is 10.5. The van der Waals surface area contributed by atoms with Crippen molar-refractivity contribution in [3.63, 3.8) is 0 Å². The van der Waals surface area contributed by atoms with Crippen molar-refractivity contribution in [1.82, 2.24) is 14.8 Å². The lowest BCUT2D eigenvalue weighted by atomic mass is 9.95. The summed E-state index contributed by atoms with van der Waals surface area (Å²) in [6, 6.07) is 16.7. The Morgan fingerprint density at radius 3 is 2.47 bits per heavy atom. The van der Waals surface area contributed by atoms with E-state index in [1.165, 1.54) is 6.33 Å². The number of benzene rings is 2. The minimum Gasteiger partial charge on any atom is -0.463 e. The smallest absolute Gasteiger partial charge is 0.338 e. The van der Waals surface area contributed by atoms with Crippen molar-refractivity contribution in [2.75, 3.05) is 23.4 Å². The number of hydrogen-bond acceptors (Lipinski definition) is 6. The normalized spacial score (nSPS) is 15.3. The number of anilines is 2. The summed E-state index contributed by atoms with van der Waals surface area (Å²) >= 11 is 0. The number of hydrogen-bond donors (Lipinski definition) is 1. The lowest BCUT2D eigenvalue weighted by molar-refractivity contribution is -0.139. The number of nitrogens with zero attached hydrogens (tertiary/aromatic N) is 4. The fourth-order valence-electron chi connectivity index (χ4n) is 3.82. The van der Waals surface area contributed by atoms with Gasteiger partial charge in [-0.05, 0) is 38.5 Å². The molecule has 0 radical (unpaired) electrons. The first-order valence-electron chi connectivity index (χ1n) is 10.5. The zero-order valence-corrected chi connectivity index (χ0v) is 18.3. The predicted molar refractivity (Wildman–Crippen MR) is 121 cm³/mol. The number of rotatable bonds is 6. The number of allylic oxidation sites excluding steroid dienone is 1. The molecule has 1 N–H and O–H groups in total. The second-order valence-electron chi connectivity index (χ2n) is 7.54. The highest BCUT2D eigenvalue weighted by molar-refractivity contribution is 5.96. The van der Waals surface area contributed by atoms with E-state index >= 15 is 0 Å². The third-order valence-electron chi connectivity index (χ3n) is 5.36. The Morgan fingerprint density at radius 2 is 1.78 bits per heavy atom. The van der Waals surface area contributed by atoms with Crippen molar-refractivity contribution in [2.24, 2.45) is 0 Å². The van der Waals surface area contributed by atoms with Crippen LogP contribution < -0.4 is 10.2 Å². The molecule has 1 aromatic heterocycles. The summed E-state index contributed by atoms with van der Waals surface area (Å²) in [4.78, 5) is 31.9. The van der Waals surface area contributed by atoms with Crippen LogP contribution in [0.4, 0.5) is 11.6 Å². The van der Waals surface area contributed by atoms with Gasteiger partial charge in [-0.3, -0.25) is 4.79 Å². The van der Waals surface area contributed by atoms with Crippen molar-refractivity contribution in [2.45, 2.75) is 26.8 Å². The topological polar surface area (TPSA) is 89.3 Å². The highest BCUT2D eigenvalue weighted by Gasteiger charge is 2.38. The van der Waals surface area contributed by atoms with Crippen LogP contribution in [0.5, 0.6) is 0 Å². The molecule has 164 valence electrons. The lowest BCUT2D eigenvalue weighted by Gasteiger charge is -2.35. The summed E-state index contributed by atoms with van der Waals surface area (Å²) < 4.78 is 7.03. The predicted octanol–water partition coefficient (Wildman–Crippen LogP) is 3.47. The number of amides is 1. The molecular formula is C24H25N5O3. The highest BCUT2D eigenvalue weighted by Crippen LogP contribution is 2.38. The van der Waals surface area contributed by atoms with Gasteiger partial charge in [0.15, 0.2) is 0 Å². The molecule has 0 unspecified atom stereocenters. The molecule has 0 saturated carbocycles. The maximum atomic E-state index is 13.0. The van der Waals surface area contributed by atoms with Crippen molar-refractivity contribution >= 4 is 23.5 Å². The minimum absolute atomic E-state index is 0.0250. The molecule has 8 nitrogen and oxygen atoms in total. The molecule has 32 heavy (non-hydrogen) atoms. The number of nitrogens with one attached hydrogen (secondary N) is 1. The van der Waals surface area contributed by atoms with Gasteiger partial charge in [0.2, 0.25) is 11.9 Å². The first-order chi connectivity index (χ1) is 15.5. The second-order valence-corrected chi connectivity index (χ2v) is 7.54. The Morgan fingerprint density at radius 1 is 1.06 bits per heavy atom. The molecule has 1 atom stereocenters. The number of esters is 1. The lowest BCUT2D eigenvalue weighted by Crippen LogP contribution is -2.40. The number of aryl methyl sites for hydroxylation is 1. The van der Waals surface area contributed by atoms with Gasteiger partial charge in [0.05, 0.1) is 12.2 Å². The van der Waals surface area contributed by atoms with E-state index in [1.54, 1.807) is 23.4 Å². The molecule has 4 rings (SSSR count). The average molecular weight is 431 g/mol. The van der Waals surface area contributed by atoms with Crippen LogP contribution in [0, 0.1) is 6.92 Å². The van der Waals surface area contributed by atoms with Crippen LogP contribution in [0.1, 0.15) is 31.0 Å². The summed E-state index contributed by atoms with van der Waals surface area (Å²) in [6.07, 6.45) is 1.43. The Labute approximate surface area is 186 Å². The molecule has 8 heteroatoms. The summed E-state index contributed by atoms with van der Waals surface area (Å²) in [5, 5.41) is 7.28. The van der Waals surface area contributed by atoms with Crippen molar-refractivity contribution < 1.29 is 14.3 Å². The Hall–Kier alpha value is -3.94. The van der Waals surface area contributed by atoms with E-state index in [0.29, 0.717) is 22.9 Å². The minimum atomic E-state index is -0.496. The van der Waals surface area contributed by atoms with Crippen LogP contribution in [0.25, 0.3) is 0 Å². The number of fused-ring (bicyclic) bond motifs is 1. The van der Waals surface area contributed by atoms with E-state index in [4.69, 9.17) is 4.74 Å². The fourth-order valence-corrected chi connectivity index (χ4v) is 3.82. The number of aromatic nitrogens is 3. The quantitative estimate of drug-likeness (QED) is 0.601. The molecule has 0 bridgehead atoms. The maximum absolute atomic E-state index is 13.0. The summed E-state index contributed by atoms with van der Waals surface area (Å²) in [5.74, 6) is -0.184. The fraction of sp³-hybridized carbons (Fsp3) is 0.250. The van der Waals surface area contributed by atoms with E-state index in [9.17, 15) is 9.59 Å². The molecule has 0 saturated heterocycles. The zero-order chi connectivity index (χ0) is 22.7. The number of ether oxygens (including phenoxy) is 1. The van der Waals surface area contributed by atoms with Gasteiger partial charge in [-0.15, -0.1) is 0 Å². The van der Waals surface area contributed by atoms with Gasteiger partial charge in [-0.25, -0.2) is 9.48 Å². The largest absolute Gasteiger partial charge is 0.463 e. The molecule has 0 aliphatic carbocycles. The van der Waals surface area contributed by atoms with Crippen LogP contribution in [-0.2, 0) is 14.3 Å². The van der Waals surface area contributed by atoms with Crippen LogP contribution in [-0.4, -0.2) is 39.8 Å². The SMILES string of the molecule is CCOC(=O)C1=C(C)N(CC(=O)Nc2ccc(C)cc2)c2ncnn2[C@@H]1c1ccccc1. The Kier molecular flexibility index (Phi) is 6.02. The van der Waals surface area contributed by atoms with Gasteiger partial charge < -0.3 is 15.0 Å². The monoisotopic (exact) mass is 431 g/mol. The van der Waals surface area contributed by atoms with Gasteiger partial charge in [0, 0.05) is 11.4 Å². The highest BCUT2D eigenvalue weighted by atomic mass is 16.5. The van der Waals surface area contributed by atoms with E-state index in [-0.39, 0.29) is 19.1 Å². The molecule has 0 fully saturated rings. The molecule has 1 aliphatic rings. The summed E-state index contributed by atoms with van der Waals surface area (Å²) in [5.41, 5.74) is 3.73. The zero-order valence-electron chi connectivity index (χ0n) is 18.3. The third kappa shape index (κ3) is 4.12. The van der Waals surface area contributed by atoms with Gasteiger partial charge >= 0.3 is 5.97 Å². The van der Waals surface area contributed by atoms with Crippen molar-refractivity contribution in [1.29, 1.82) is 0 Å². The molecule has 0 spiro atoms. The summed E-state index contributed by atoms with van der Waals surface area (Å²) in [7, 11) is 0. The number of carbonyl (C=O) groups excluding carboxylic acids is 2. The molecule has 3 aromatic rings. The molecular weight excluding hydrogens is 406 g/mol. The van der Waals surface area contributed by atoms with E-state index in [0.717, 1.165) is 11.1 Å². The van der Waals surface area contributed by atoms with E-state index in [2.05, 4.69) is 15.4 Å². The van der Waals surface area contributed by atoms with Crippen molar-refractivity contribution in [3.05, 3.63) is 83.3 Å². The maximum Gasteiger partial charge on any atom is 0.338 e. The molecule has 1 aliphatic heterocycles. The van der Waals surface area contributed by atoms with Crippen molar-refractivity contribution in [3.8, 4) is 0 Å².